The zero-order chi connectivity index (χ0) is 15.6. The van der Waals surface area contributed by atoms with Gasteiger partial charge in [0.1, 0.15) is 12.1 Å². The Morgan fingerprint density at radius 2 is 2.14 bits per heavy atom. The number of rotatable bonds is 5. The predicted molar refractivity (Wildman–Crippen MR) is 71.8 cm³/mol. The van der Waals surface area contributed by atoms with E-state index in [4.69, 9.17) is 4.74 Å². The van der Waals surface area contributed by atoms with Crippen LogP contribution in [0, 0.1) is 5.92 Å². The second-order valence-corrected chi connectivity index (χ2v) is 6.09. The monoisotopic (exact) mass is 308 g/mol. The Hall–Kier alpha value is -0.820. The van der Waals surface area contributed by atoms with Crippen LogP contribution < -0.4 is 0 Å². The molecule has 0 aromatic heterocycles. The molecule has 0 aromatic carbocycles. The maximum Gasteiger partial charge on any atom is 0.401 e. The summed E-state index contributed by atoms with van der Waals surface area (Å²) in [4.78, 5) is 15.2. The number of hydrogen-bond donors (Lipinski definition) is 0. The first-order valence-corrected chi connectivity index (χ1v) is 7.52. The molecule has 0 radical (unpaired) electrons. The summed E-state index contributed by atoms with van der Waals surface area (Å²) in [5.41, 5.74) is 0. The molecule has 0 aliphatic carbocycles. The lowest BCUT2D eigenvalue weighted by Crippen LogP contribution is -2.40. The van der Waals surface area contributed by atoms with E-state index in [9.17, 15) is 18.0 Å². The first-order valence-electron chi connectivity index (χ1n) is 7.52. The van der Waals surface area contributed by atoms with Crippen molar-refractivity contribution in [1.82, 2.24) is 9.80 Å². The van der Waals surface area contributed by atoms with Crippen molar-refractivity contribution in [3.63, 3.8) is 0 Å². The van der Waals surface area contributed by atoms with Crippen LogP contribution in [-0.2, 0) is 9.53 Å². The number of nitrogens with zero attached hydrogens (tertiary/aromatic N) is 2. The van der Waals surface area contributed by atoms with Gasteiger partial charge >= 0.3 is 12.1 Å². The van der Waals surface area contributed by atoms with Crippen LogP contribution in [0.3, 0.4) is 0 Å². The van der Waals surface area contributed by atoms with Gasteiger partial charge in [0, 0.05) is 19.5 Å². The molecule has 7 heteroatoms. The normalized spacial score (nSPS) is 31.1. The van der Waals surface area contributed by atoms with Crippen LogP contribution in [0.25, 0.3) is 0 Å². The van der Waals surface area contributed by atoms with Crippen LogP contribution in [-0.4, -0.2) is 66.8 Å². The molecule has 122 valence electrons. The average molecular weight is 308 g/mol. The molecule has 2 heterocycles. The van der Waals surface area contributed by atoms with Gasteiger partial charge in [0.15, 0.2) is 0 Å². The molecule has 2 aliphatic heterocycles. The first kappa shape index (κ1) is 16.5. The topological polar surface area (TPSA) is 32.8 Å². The Morgan fingerprint density at radius 3 is 2.67 bits per heavy atom. The third kappa shape index (κ3) is 4.57. The fraction of sp³-hybridized carbons (Fsp3) is 0.929. The number of esters is 1. The van der Waals surface area contributed by atoms with Gasteiger partial charge < -0.3 is 4.74 Å². The summed E-state index contributed by atoms with van der Waals surface area (Å²) >= 11 is 0. The summed E-state index contributed by atoms with van der Waals surface area (Å²) in [6, 6.07) is -0.206. The fourth-order valence-corrected chi connectivity index (χ4v) is 3.25. The molecular weight excluding hydrogens is 285 g/mol. The van der Waals surface area contributed by atoms with Crippen LogP contribution in [0.5, 0.6) is 0 Å². The van der Waals surface area contributed by atoms with Gasteiger partial charge in [-0.3, -0.25) is 14.6 Å². The maximum atomic E-state index is 12.5. The molecule has 0 aromatic rings. The highest BCUT2D eigenvalue weighted by molar-refractivity contribution is 5.78. The SMILES string of the molecule is CCN(C[C@@H]1CCN([C@H]2C[C@@H](C)OC2=O)C1)CC(F)(F)F. The molecule has 0 unspecified atom stereocenters. The first-order chi connectivity index (χ1) is 9.78. The highest BCUT2D eigenvalue weighted by Gasteiger charge is 2.40. The summed E-state index contributed by atoms with van der Waals surface area (Å²) in [6.45, 7) is 5.02. The van der Waals surface area contributed by atoms with E-state index in [1.165, 1.54) is 4.90 Å². The molecule has 0 amide bonds. The summed E-state index contributed by atoms with van der Waals surface area (Å²) in [5, 5.41) is 0. The molecule has 0 bridgehead atoms. The summed E-state index contributed by atoms with van der Waals surface area (Å²) in [6.07, 6.45) is -2.68. The largest absolute Gasteiger partial charge is 0.461 e. The summed E-state index contributed by atoms with van der Waals surface area (Å²) < 4.78 is 42.6. The molecule has 21 heavy (non-hydrogen) atoms. The van der Waals surface area contributed by atoms with Crippen molar-refractivity contribution < 1.29 is 22.7 Å². The second kappa shape index (κ2) is 6.52. The van der Waals surface area contributed by atoms with Crippen LogP contribution >= 0.6 is 0 Å². The predicted octanol–water partition coefficient (Wildman–Crippen LogP) is 1.90. The number of likely N-dealkylation sites (tertiary alicyclic amines) is 1. The lowest BCUT2D eigenvalue weighted by Gasteiger charge is -2.26. The molecule has 2 saturated heterocycles. The van der Waals surface area contributed by atoms with Crippen molar-refractivity contribution in [2.24, 2.45) is 5.92 Å². The van der Waals surface area contributed by atoms with E-state index in [1.807, 2.05) is 6.92 Å². The van der Waals surface area contributed by atoms with Crippen molar-refractivity contribution >= 4 is 5.97 Å². The number of alkyl halides is 3. The molecular formula is C14H23F3N2O2. The van der Waals surface area contributed by atoms with E-state index in [1.54, 1.807) is 6.92 Å². The second-order valence-electron chi connectivity index (χ2n) is 6.09. The maximum absolute atomic E-state index is 12.5. The third-order valence-electron chi connectivity index (χ3n) is 4.27. The van der Waals surface area contributed by atoms with Crippen LogP contribution in [0.15, 0.2) is 0 Å². The minimum Gasteiger partial charge on any atom is -0.461 e. The molecule has 0 N–H and O–H groups in total. The number of halogens is 3. The van der Waals surface area contributed by atoms with Gasteiger partial charge in [0.05, 0.1) is 6.54 Å². The minimum absolute atomic E-state index is 0.0566. The Bertz CT molecular complexity index is 376. The Labute approximate surface area is 123 Å². The number of cyclic esters (lactones) is 1. The van der Waals surface area contributed by atoms with Crippen LogP contribution in [0.1, 0.15) is 26.7 Å². The van der Waals surface area contributed by atoms with Gasteiger partial charge in [-0.05, 0) is 32.4 Å². The number of carbonyl (C=O) groups excluding carboxylic acids is 1. The van der Waals surface area contributed by atoms with Crippen molar-refractivity contribution in [3.05, 3.63) is 0 Å². The van der Waals surface area contributed by atoms with E-state index in [0.717, 1.165) is 13.0 Å². The highest BCUT2D eigenvalue weighted by atomic mass is 19.4. The Balaban J connectivity index is 1.83. The van der Waals surface area contributed by atoms with E-state index in [0.29, 0.717) is 26.1 Å². The molecule has 3 atom stereocenters. The summed E-state index contributed by atoms with van der Waals surface area (Å²) in [7, 11) is 0. The van der Waals surface area contributed by atoms with Crippen LogP contribution in [0.4, 0.5) is 13.2 Å². The van der Waals surface area contributed by atoms with E-state index in [-0.39, 0.29) is 24.0 Å². The van der Waals surface area contributed by atoms with Crippen molar-refractivity contribution in [2.45, 2.75) is 45.0 Å². The summed E-state index contributed by atoms with van der Waals surface area (Å²) in [5.74, 6) is 0.00166. The average Bonchev–Trinajstić information content (AvgIpc) is 2.93. The quantitative estimate of drug-likeness (QED) is 0.726. The molecule has 4 nitrogen and oxygen atoms in total. The van der Waals surface area contributed by atoms with Gasteiger partial charge in [-0.1, -0.05) is 6.92 Å². The van der Waals surface area contributed by atoms with Crippen molar-refractivity contribution in [2.75, 3.05) is 32.7 Å². The van der Waals surface area contributed by atoms with E-state index >= 15 is 0 Å². The number of ether oxygens (including phenoxy) is 1. The van der Waals surface area contributed by atoms with Gasteiger partial charge in [-0.2, -0.15) is 13.2 Å². The van der Waals surface area contributed by atoms with Gasteiger partial charge in [-0.15, -0.1) is 0 Å². The highest BCUT2D eigenvalue weighted by Crippen LogP contribution is 2.27. The molecule has 0 saturated carbocycles. The molecule has 2 rings (SSSR count). The van der Waals surface area contributed by atoms with E-state index in [2.05, 4.69) is 4.90 Å². The van der Waals surface area contributed by atoms with Gasteiger partial charge in [0.2, 0.25) is 0 Å². The third-order valence-corrected chi connectivity index (χ3v) is 4.27. The fourth-order valence-electron chi connectivity index (χ4n) is 3.25. The molecule has 2 aliphatic rings. The zero-order valence-electron chi connectivity index (χ0n) is 12.5. The number of hydrogen-bond acceptors (Lipinski definition) is 4. The van der Waals surface area contributed by atoms with E-state index < -0.39 is 12.7 Å². The lowest BCUT2D eigenvalue weighted by molar-refractivity contribution is -0.146. The Kier molecular flexibility index (Phi) is 5.14. The van der Waals surface area contributed by atoms with Gasteiger partial charge in [0.25, 0.3) is 0 Å². The lowest BCUT2D eigenvalue weighted by atomic mass is 10.1. The molecule has 2 fully saturated rings. The van der Waals surface area contributed by atoms with Crippen molar-refractivity contribution in [1.29, 1.82) is 0 Å². The van der Waals surface area contributed by atoms with Crippen LogP contribution in [0.2, 0.25) is 0 Å². The molecule has 0 spiro atoms. The van der Waals surface area contributed by atoms with Gasteiger partial charge in [-0.25, -0.2) is 0 Å². The standard InChI is InChI=1S/C14H23F3N2O2/c1-3-18(9-14(15,16)17)7-11-4-5-19(8-11)12-6-10(2)21-13(12)20/h10-12H,3-9H2,1-2H3/t10-,11+,12+/m1/s1. The minimum atomic E-state index is -4.15. The van der Waals surface area contributed by atoms with Crippen molar-refractivity contribution in [3.8, 4) is 0 Å². The Morgan fingerprint density at radius 1 is 1.43 bits per heavy atom. The zero-order valence-corrected chi connectivity index (χ0v) is 12.5. The smallest absolute Gasteiger partial charge is 0.401 e. The number of carbonyl (C=O) groups is 1.